The number of aromatic nitrogens is 4. The minimum atomic E-state index is -3.72. The number of carbonyl (C=O) groups is 1. The SMILES string of the molecule is CC(C)(C)NS(=O)(=O)c1ccc(-c2nc(Nc3cc(C4CC4)[nH]n3)cc(C(=O)O)n2)s1.[HH].[HH].[HH].[HH]. The number of sulfonamides is 1. The van der Waals surface area contributed by atoms with Gasteiger partial charge in [0.25, 0.3) is 10.0 Å². The number of hydrogen-bond donors (Lipinski definition) is 4. The number of rotatable bonds is 7. The molecule has 0 radical (unpaired) electrons. The molecule has 0 atom stereocenters. The van der Waals surface area contributed by atoms with Crippen LogP contribution in [0.5, 0.6) is 0 Å². The summed E-state index contributed by atoms with van der Waals surface area (Å²) in [4.78, 5) is 20.5. The van der Waals surface area contributed by atoms with Crippen molar-refractivity contribution in [2.24, 2.45) is 0 Å². The molecule has 0 saturated heterocycles. The minimum absolute atomic E-state index is 0. The monoisotopic (exact) mass is 470 g/mol. The molecule has 3 aromatic rings. The van der Waals surface area contributed by atoms with Gasteiger partial charge in [0, 0.05) is 35.0 Å². The summed E-state index contributed by atoms with van der Waals surface area (Å²) in [5.74, 6) is 0.161. The van der Waals surface area contributed by atoms with Crippen LogP contribution < -0.4 is 10.0 Å². The molecule has 1 saturated carbocycles. The Morgan fingerprint density at radius 2 is 1.97 bits per heavy atom. The van der Waals surface area contributed by atoms with Crippen LogP contribution in [-0.2, 0) is 10.0 Å². The first-order valence-corrected chi connectivity index (χ1v) is 11.9. The maximum absolute atomic E-state index is 12.6. The summed E-state index contributed by atoms with van der Waals surface area (Å²) >= 11 is 0.967. The molecule has 0 aliphatic heterocycles. The number of H-pyrrole nitrogens is 1. The molecule has 0 spiro atoms. The van der Waals surface area contributed by atoms with E-state index in [9.17, 15) is 18.3 Å². The zero-order chi connectivity index (χ0) is 22.4. The summed E-state index contributed by atoms with van der Waals surface area (Å²) in [6.07, 6.45) is 2.24. The lowest BCUT2D eigenvalue weighted by molar-refractivity contribution is 0.0690. The van der Waals surface area contributed by atoms with Crippen LogP contribution in [0.4, 0.5) is 11.6 Å². The lowest BCUT2D eigenvalue weighted by Crippen LogP contribution is -2.40. The van der Waals surface area contributed by atoms with E-state index < -0.39 is 21.5 Å². The van der Waals surface area contributed by atoms with E-state index in [0.29, 0.717) is 16.6 Å². The number of carboxylic acid groups (broad SMARTS) is 1. The highest BCUT2D eigenvalue weighted by molar-refractivity contribution is 7.91. The molecule has 3 aromatic heterocycles. The molecule has 0 amide bonds. The van der Waals surface area contributed by atoms with Gasteiger partial charge in [-0.1, -0.05) is 0 Å². The molecular formula is C19H30N6O4S2. The molecule has 0 unspecified atom stereocenters. The third-order valence-electron chi connectivity index (χ3n) is 4.32. The maximum Gasteiger partial charge on any atom is 0.354 e. The Labute approximate surface area is 189 Å². The number of aromatic carboxylic acids is 1. The lowest BCUT2D eigenvalue weighted by Gasteiger charge is -2.19. The van der Waals surface area contributed by atoms with Gasteiger partial charge in [0.1, 0.15) is 10.0 Å². The van der Waals surface area contributed by atoms with Gasteiger partial charge in [0.2, 0.25) is 0 Å². The highest BCUT2D eigenvalue weighted by Crippen LogP contribution is 2.39. The fraction of sp³-hybridized carbons (Fsp3) is 0.368. The van der Waals surface area contributed by atoms with Crippen LogP contribution in [-0.4, -0.2) is 45.2 Å². The zero-order valence-corrected chi connectivity index (χ0v) is 18.8. The zero-order valence-electron chi connectivity index (χ0n) is 17.1. The standard InChI is InChI=1S/C19H22N6O4S2.4H2/c1-19(2,3)25-31(28,29)16-7-6-13(30-16)17-20-12(18(26)27)9-14(22-17)21-15-8-11(23-24-15)10-4-5-10;;;;/h6-10,25H,4-5H2,1-3H3,(H,26,27)(H2,20,21,22,23,24);4*1H. The Morgan fingerprint density at radius 1 is 1.23 bits per heavy atom. The van der Waals surface area contributed by atoms with Crippen LogP contribution in [0, 0.1) is 0 Å². The number of nitrogens with one attached hydrogen (secondary N) is 3. The molecule has 3 heterocycles. The van der Waals surface area contributed by atoms with Gasteiger partial charge in [-0.05, 0) is 45.7 Å². The third-order valence-corrected chi connectivity index (χ3v) is 7.65. The quantitative estimate of drug-likeness (QED) is 0.399. The van der Waals surface area contributed by atoms with E-state index in [1.165, 1.54) is 12.1 Å². The summed E-state index contributed by atoms with van der Waals surface area (Å²) in [6, 6.07) is 6.19. The Hall–Kier alpha value is -2.83. The smallest absolute Gasteiger partial charge is 0.354 e. The maximum atomic E-state index is 12.6. The van der Waals surface area contributed by atoms with Gasteiger partial charge in [0.15, 0.2) is 17.3 Å². The molecule has 1 aliphatic rings. The van der Waals surface area contributed by atoms with Crippen LogP contribution in [0.3, 0.4) is 0 Å². The number of carboxylic acids is 1. The first kappa shape index (κ1) is 21.4. The van der Waals surface area contributed by atoms with Crippen LogP contribution in [0.2, 0.25) is 0 Å². The van der Waals surface area contributed by atoms with Crippen LogP contribution in [0.15, 0.2) is 28.5 Å². The van der Waals surface area contributed by atoms with Gasteiger partial charge in [-0.25, -0.2) is 27.9 Å². The molecule has 12 heteroatoms. The van der Waals surface area contributed by atoms with E-state index >= 15 is 0 Å². The fourth-order valence-corrected chi connectivity index (χ4v) is 5.56. The van der Waals surface area contributed by atoms with Crippen molar-refractivity contribution in [3.8, 4) is 10.7 Å². The van der Waals surface area contributed by atoms with Gasteiger partial charge in [-0.2, -0.15) is 5.10 Å². The second-order valence-electron chi connectivity index (χ2n) is 8.35. The first-order valence-electron chi connectivity index (χ1n) is 9.59. The Bertz CT molecular complexity index is 1260. The van der Waals surface area contributed by atoms with E-state index in [1.54, 1.807) is 26.8 Å². The van der Waals surface area contributed by atoms with Crippen molar-refractivity contribution in [2.75, 3.05) is 5.32 Å². The van der Waals surface area contributed by atoms with Crippen molar-refractivity contribution >= 4 is 39.0 Å². The summed E-state index contributed by atoms with van der Waals surface area (Å²) < 4.78 is 27.8. The van der Waals surface area contributed by atoms with Crippen molar-refractivity contribution in [1.29, 1.82) is 0 Å². The first-order chi connectivity index (χ1) is 14.5. The average molecular weight is 471 g/mol. The van der Waals surface area contributed by atoms with Gasteiger partial charge in [-0.15, -0.1) is 11.3 Å². The summed E-state index contributed by atoms with van der Waals surface area (Å²) in [5, 5.41) is 19.6. The predicted octanol–water partition coefficient (Wildman–Crippen LogP) is 4.31. The number of thiophene rings is 1. The van der Waals surface area contributed by atoms with Crippen molar-refractivity contribution in [3.05, 3.63) is 35.7 Å². The highest BCUT2D eigenvalue weighted by atomic mass is 32.2. The molecule has 0 aromatic carbocycles. The average Bonchev–Trinajstić information content (AvgIpc) is 3.19. The van der Waals surface area contributed by atoms with Crippen LogP contribution >= 0.6 is 11.3 Å². The van der Waals surface area contributed by atoms with Crippen LogP contribution in [0.25, 0.3) is 10.7 Å². The summed E-state index contributed by atoms with van der Waals surface area (Å²) in [7, 11) is -3.72. The Morgan fingerprint density at radius 3 is 2.61 bits per heavy atom. The molecule has 0 bridgehead atoms. The highest BCUT2D eigenvalue weighted by Gasteiger charge is 2.26. The predicted molar refractivity (Wildman–Crippen MR) is 125 cm³/mol. The molecule has 1 aliphatic carbocycles. The second-order valence-corrected chi connectivity index (χ2v) is 11.3. The van der Waals surface area contributed by atoms with Crippen molar-refractivity contribution in [1.82, 2.24) is 24.9 Å². The molecule has 1 fully saturated rings. The molecule has 10 nitrogen and oxygen atoms in total. The van der Waals surface area contributed by atoms with Crippen molar-refractivity contribution in [2.45, 2.75) is 49.3 Å². The van der Waals surface area contributed by atoms with Crippen molar-refractivity contribution in [3.63, 3.8) is 0 Å². The number of nitrogens with zero attached hydrogens (tertiary/aromatic N) is 3. The third kappa shape index (κ3) is 5.09. The fourth-order valence-electron chi connectivity index (χ4n) is 2.90. The van der Waals surface area contributed by atoms with E-state index in [-0.39, 0.29) is 27.3 Å². The molecule has 31 heavy (non-hydrogen) atoms. The van der Waals surface area contributed by atoms with Gasteiger partial charge < -0.3 is 10.4 Å². The van der Waals surface area contributed by atoms with Gasteiger partial charge >= 0.3 is 5.97 Å². The lowest BCUT2D eigenvalue weighted by atomic mass is 10.1. The number of aromatic amines is 1. The van der Waals surface area contributed by atoms with E-state index in [0.717, 1.165) is 29.9 Å². The van der Waals surface area contributed by atoms with Crippen molar-refractivity contribution < 1.29 is 24.0 Å². The molecule has 172 valence electrons. The van der Waals surface area contributed by atoms with Gasteiger partial charge in [-0.3, -0.25) is 5.10 Å². The second kappa shape index (κ2) is 7.70. The van der Waals surface area contributed by atoms with E-state index in [4.69, 9.17) is 0 Å². The minimum Gasteiger partial charge on any atom is -0.477 e. The number of anilines is 2. The summed E-state index contributed by atoms with van der Waals surface area (Å²) in [6.45, 7) is 5.25. The largest absolute Gasteiger partial charge is 0.477 e. The van der Waals surface area contributed by atoms with E-state index in [2.05, 4.69) is 30.2 Å². The normalized spacial score (nSPS) is 14.5. The van der Waals surface area contributed by atoms with Gasteiger partial charge in [0.05, 0.1) is 4.88 Å². The van der Waals surface area contributed by atoms with E-state index in [1.807, 2.05) is 6.07 Å². The molecule has 4 N–H and O–H groups in total. The Kier molecular flexibility index (Phi) is 5.31. The summed E-state index contributed by atoms with van der Waals surface area (Å²) in [5.41, 5.74) is 0.175. The topological polar surface area (TPSA) is 150 Å². The molecule has 4 rings (SSSR count). The van der Waals surface area contributed by atoms with Crippen LogP contribution in [0.1, 0.15) is 61.4 Å². The molecular weight excluding hydrogens is 440 g/mol. The Balaban J connectivity index is 0.00000289. The number of hydrogen-bond acceptors (Lipinski definition) is 8.